The molecule has 0 aliphatic heterocycles. The highest BCUT2D eigenvalue weighted by Gasteiger charge is 2.05. The first-order valence-corrected chi connectivity index (χ1v) is 6.15. The number of hydrogen-bond acceptors (Lipinski definition) is 4. The molecular weight excluding hydrogens is 244 g/mol. The summed E-state index contributed by atoms with van der Waals surface area (Å²) in [7, 11) is 0. The Balaban J connectivity index is 0.00000120. The molecule has 0 aliphatic carbocycles. The van der Waals surface area contributed by atoms with Gasteiger partial charge in [-0.3, -0.25) is 0 Å². The van der Waals surface area contributed by atoms with Gasteiger partial charge in [0.05, 0.1) is 0 Å². The Hall–Kier alpha value is -2.11. The highest BCUT2D eigenvalue weighted by Crippen LogP contribution is 2.20. The molecule has 0 unspecified atom stereocenters. The number of aromatic nitrogens is 3. The lowest BCUT2D eigenvalue weighted by atomic mass is 10.2. The average molecular weight is 253 g/mol. The van der Waals surface area contributed by atoms with E-state index in [0.717, 1.165) is 17.0 Å². The second kappa shape index (κ2) is 5.48. The maximum absolute atomic E-state index is 4.47. The van der Waals surface area contributed by atoms with E-state index in [4.69, 9.17) is 0 Å². The zero-order chi connectivity index (χ0) is 11.5. The van der Waals surface area contributed by atoms with Crippen LogP contribution in [0.3, 0.4) is 0 Å². The smallest absolute Gasteiger partial charge is 0.164 e. The van der Waals surface area contributed by atoms with Crippen LogP contribution in [-0.2, 0) is 0 Å². The van der Waals surface area contributed by atoms with E-state index in [1.54, 1.807) is 17.7 Å². The van der Waals surface area contributed by atoms with Gasteiger partial charge in [0, 0.05) is 22.7 Å². The molecule has 87 valence electrons. The van der Waals surface area contributed by atoms with Crippen molar-refractivity contribution in [3.8, 4) is 22.8 Å². The van der Waals surface area contributed by atoms with Crippen molar-refractivity contribution in [1.82, 2.24) is 21.1 Å². The van der Waals surface area contributed by atoms with Crippen molar-refractivity contribution in [1.29, 1.82) is 0 Å². The zero-order valence-electron chi connectivity index (χ0n) is 9.39. The fraction of sp³-hybridized carbons (Fsp3) is 0. The third-order valence-electron chi connectivity index (χ3n) is 2.38. The number of thiophene rings is 1. The van der Waals surface area contributed by atoms with Gasteiger partial charge >= 0.3 is 0 Å². The highest BCUT2D eigenvalue weighted by atomic mass is 32.1. The van der Waals surface area contributed by atoms with Crippen molar-refractivity contribution in [3.63, 3.8) is 0 Å². The molecule has 1 aromatic carbocycles. The van der Waals surface area contributed by atoms with Gasteiger partial charge in [0.1, 0.15) is 6.33 Å². The van der Waals surface area contributed by atoms with E-state index in [2.05, 4.69) is 15.0 Å². The molecule has 0 amide bonds. The Morgan fingerprint density at radius 3 is 2.22 bits per heavy atom. The molecule has 4 nitrogen and oxygen atoms in total. The molecule has 0 atom stereocenters. The van der Waals surface area contributed by atoms with Gasteiger partial charge in [0.2, 0.25) is 0 Å². The predicted octanol–water partition coefficient (Wildman–Crippen LogP) is 2.79. The molecule has 0 bridgehead atoms. The molecule has 0 fully saturated rings. The van der Waals surface area contributed by atoms with Gasteiger partial charge < -0.3 is 0 Å². The van der Waals surface area contributed by atoms with Crippen LogP contribution in [-0.4, -0.2) is 15.0 Å². The molecule has 0 saturated carbocycles. The van der Waals surface area contributed by atoms with Crippen molar-refractivity contribution in [3.05, 3.63) is 53.5 Å². The molecule has 5 heteroatoms. The molecule has 0 spiro atoms. The molecule has 3 rings (SSSR count). The Labute approximate surface area is 109 Å². The average Bonchev–Trinajstić information content (AvgIpc) is 2.94. The maximum atomic E-state index is 4.47. The fourth-order valence-electron chi connectivity index (χ4n) is 1.55. The van der Waals surface area contributed by atoms with Crippen LogP contribution in [0.5, 0.6) is 0 Å². The standard InChI is InChI=1S/C13H9N3S.N/c1-2-4-10(5-3-1)12-14-9-15-13(16-12)11-6-7-17-8-11;/h1-9H;. The predicted molar refractivity (Wildman–Crippen MR) is 70.7 cm³/mol. The third kappa shape index (κ3) is 2.42. The summed E-state index contributed by atoms with van der Waals surface area (Å²) in [4.78, 5) is 12.9. The molecule has 18 heavy (non-hydrogen) atoms. The third-order valence-corrected chi connectivity index (χ3v) is 3.07. The fourth-order valence-corrected chi connectivity index (χ4v) is 2.19. The van der Waals surface area contributed by atoms with Crippen molar-refractivity contribution in [2.75, 3.05) is 0 Å². The minimum absolute atomic E-state index is 0. The quantitative estimate of drug-likeness (QED) is 0.705. The summed E-state index contributed by atoms with van der Waals surface area (Å²) in [5.41, 5.74) is 2.04. The molecular formula is C13H9N4S. The van der Waals surface area contributed by atoms with Crippen LogP contribution >= 0.6 is 11.3 Å². The normalized spacial score (nSPS) is 9.78. The second-order valence-electron chi connectivity index (χ2n) is 3.51. The number of rotatable bonds is 2. The van der Waals surface area contributed by atoms with Crippen molar-refractivity contribution >= 4 is 11.3 Å². The van der Waals surface area contributed by atoms with E-state index in [1.165, 1.54) is 0 Å². The summed E-state index contributed by atoms with van der Waals surface area (Å²) in [6, 6.07) is 11.9. The van der Waals surface area contributed by atoms with Gasteiger partial charge in [-0.15, -0.1) is 0 Å². The Morgan fingerprint density at radius 1 is 0.833 bits per heavy atom. The van der Waals surface area contributed by atoms with Crippen LogP contribution in [0.1, 0.15) is 0 Å². The van der Waals surface area contributed by atoms with E-state index in [1.807, 2.05) is 47.2 Å². The minimum Gasteiger partial charge on any atom is -0.217 e. The van der Waals surface area contributed by atoms with Crippen molar-refractivity contribution in [2.24, 2.45) is 0 Å². The topological polar surface area (TPSA) is 69.2 Å². The molecule has 0 saturated heterocycles. The van der Waals surface area contributed by atoms with Crippen molar-refractivity contribution < 1.29 is 0 Å². The largest absolute Gasteiger partial charge is 0.217 e. The summed E-state index contributed by atoms with van der Waals surface area (Å²) in [6.07, 6.45) is 1.56. The molecule has 2 aromatic heterocycles. The van der Waals surface area contributed by atoms with Gasteiger partial charge in [-0.05, 0) is 11.4 Å². The number of hydrogen-bond donors (Lipinski definition) is 0. The summed E-state index contributed by atoms with van der Waals surface area (Å²) in [5.74, 6) is 1.43. The summed E-state index contributed by atoms with van der Waals surface area (Å²) >= 11 is 1.64. The molecule has 2 heterocycles. The van der Waals surface area contributed by atoms with Gasteiger partial charge in [0.25, 0.3) is 0 Å². The molecule has 0 N–H and O–H groups in total. The van der Waals surface area contributed by atoms with E-state index in [0.29, 0.717) is 5.82 Å². The lowest BCUT2D eigenvalue weighted by molar-refractivity contribution is 1.07. The first-order valence-electron chi connectivity index (χ1n) is 5.20. The summed E-state index contributed by atoms with van der Waals surface area (Å²) < 4.78 is 0. The monoisotopic (exact) mass is 253 g/mol. The van der Waals surface area contributed by atoms with Crippen LogP contribution < -0.4 is 6.15 Å². The summed E-state index contributed by atoms with van der Waals surface area (Å²) in [5, 5.41) is 4.05. The summed E-state index contributed by atoms with van der Waals surface area (Å²) in [6.45, 7) is 0. The van der Waals surface area contributed by atoms with E-state index >= 15 is 0 Å². The molecule has 0 aliphatic rings. The van der Waals surface area contributed by atoms with Crippen molar-refractivity contribution in [2.45, 2.75) is 0 Å². The number of benzene rings is 1. The van der Waals surface area contributed by atoms with Gasteiger partial charge in [-0.2, -0.15) is 11.3 Å². The maximum Gasteiger partial charge on any atom is 0.164 e. The Morgan fingerprint density at radius 2 is 1.56 bits per heavy atom. The van der Waals surface area contributed by atoms with E-state index in [-0.39, 0.29) is 6.15 Å². The SMILES string of the molecule is [N].c1ccc(-c2ncnc(-c3ccsc3)n2)cc1. The molecule has 3 radical (unpaired) electrons. The van der Waals surface area contributed by atoms with E-state index in [9.17, 15) is 0 Å². The van der Waals surface area contributed by atoms with Crippen LogP contribution in [0, 0.1) is 0 Å². The first-order chi connectivity index (χ1) is 8.43. The molecule has 3 aromatic rings. The van der Waals surface area contributed by atoms with E-state index < -0.39 is 0 Å². The highest BCUT2D eigenvalue weighted by molar-refractivity contribution is 7.08. The van der Waals surface area contributed by atoms with Crippen LogP contribution in [0.25, 0.3) is 22.8 Å². The lowest BCUT2D eigenvalue weighted by Gasteiger charge is -2.01. The second-order valence-corrected chi connectivity index (χ2v) is 4.29. The van der Waals surface area contributed by atoms with Crippen LogP contribution in [0.2, 0.25) is 0 Å². The first kappa shape index (κ1) is 12.3. The number of nitrogens with zero attached hydrogens (tertiary/aromatic N) is 4. The van der Waals surface area contributed by atoms with Crippen LogP contribution in [0.15, 0.2) is 53.5 Å². The Bertz CT molecular complexity index is 608. The minimum atomic E-state index is 0. The Kier molecular flexibility index (Phi) is 3.76. The lowest BCUT2D eigenvalue weighted by Crippen LogP contribution is -1.93. The van der Waals surface area contributed by atoms with Gasteiger partial charge in [-0.25, -0.2) is 15.0 Å². The van der Waals surface area contributed by atoms with Crippen LogP contribution in [0.4, 0.5) is 0 Å². The van der Waals surface area contributed by atoms with Gasteiger partial charge in [0.15, 0.2) is 11.6 Å². The zero-order valence-corrected chi connectivity index (χ0v) is 10.2. The van der Waals surface area contributed by atoms with Gasteiger partial charge in [-0.1, -0.05) is 30.3 Å².